The largest absolute Gasteiger partial charge is 0.346 e. The quantitative estimate of drug-likeness (QED) is 0.668. The topological polar surface area (TPSA) is 103 Å². The Kier molecular flexibility index (Phi) is 3.75. The lowest BCUT2D eigenvalue weighted by Crippen LogP contribution is -2.28. The van der Waals surface area contributed by atoms with Crippen LogP contribution >= 0.6 is 0 Å². The minimum Gasteiger partial charge on any atom is -0.346 e. The van der Waals surface area contributed by atoms with E-state index in [1.54, 1.807) is 23.4 Å². The van der Waals surface area contributed by atoms with Gasteiger partial charge in [0.2, 0.25) is 15.3 Å². The van der Waals surface area contributed by atoms with Crippen molar-refractivity contribution in [3.05, 3.63) is 36.3 Å². The maximum Gasteiger partial charge on any atom is 0.243 e. The van der Waals surface area contributed by atoms with Gasteiger partial charge in [-0.2, -0.15) is 13.7 Å². The Morgan fingerprint density at radius 2 is 2.20 bits per heavy atom. The van der Waals surface area contributed by atoms with Gasteiger partial charge in [0, 0.05) is 42.2 Å². The lowest BCUT2D eigenvalue weighted by Gasteiger charge is -2.17. The Morgan fingerprint density at radius 3 is 2.96 bits per heavy atom. The van der Waals surface area contributed by atoms with Crippen LogP contribution in [0.15, 0.2) is 30.7 Å². The minimum atomic E-state index is -2.52. The zero-order valence-corrected chi connectivity index (χ0v) is 14.3. The number of nitrogens with zero attached hydrogens (tertiary/aromatic N) is 4. The lowest BCUT2D eigenvalue weighted by molar-refractivity contribution is 0.503. The lowest BCUT2D eigenvalue weighted by atomic mass is 9.88. The molecule has 4 rings (SSSR count). The van der Waals surface area contributed by atoms with Crippen LogP contribution < -0.4 is 0 Å². The van der Waals surface area contributed by atoms with E-state index in [0.717, 1.165) is 27.5 Å². The molecule has 2 atom stereocenters. The first-order valence-electron chi connectivity index (χ1n) is 7.92. The highest BCUT2D eigenvalue weighted by Gasteiger charge is 2.35. The van der Waals surface area contributed by atoms with Crippen LogP contribution in [0.2, 0.25) is 0 Å². The van der Waals surface area contributed by atoms with Crippen LogP contribution in [0.25, 0.3) is 21.9 Å². The molecule has 1 fully saturated rings. The number of rotatable bonds is 1. The number of hydrogen-bond donors (Lipinski definition) is 1. The van der Waals surface area contributed by atoms with Gasteiger partial charge in [-0.05, 0) is 23.6 Å². The van der Waals surface area contributed by atoms with Crippen molar-refractivity contribution in [1.29, 1.82) is 5.26 Å². The number of pyridine rings is 2. The van der Waals surface area contributed by atoms with Gasteiger partial charge in [-0.15, -0.1) is 0 Å². The predicted molar refractivity (Wildman–Crippen MR) is 94.4 cm³/mol. The maximum absolute atomic E-state index is 11.3. The van der Waals surface area contributed by atoms with E-state index in [4.69, 9.17) is 5.26 Å². The number of nitrogens with one attached hydrogen (secondary N) is 1. The smallest absolute Gasteiger partial charge is 0.243 e. The standard InChI is InChI=1S/C17H15N5O2S/c1-10-8-22(15(6-18)25(23)24)9-13(10)11-2-4-19-14-7-21-17-12(16(11)14)3-5-20-17/h2-5,7,10,13H,8-9H2,1H3,(H,20,21). The highest BCUT2D eigenvalue weighted by molar-refractivity contribution is 7.73. The molecule has 126 valence electrons. The first-order valence-corrected chi connectivity index (χ1v) is 8.99. The van der Waals surface area contributed by atoms with Crippen LogP contribution in [-0.2, 0) is 10.3 Å². The van der Waals surface area contributed by atoms with Gasteiger partial charge in [0.15, 0.2) is 0 Å². The van der Waals surface area contributed by atoms with Crippen LogP contribution in [0, 0.1) is 17.2 Å². The highest BCUT2D eigenvalue weighted by atomic mass is 32.2. The van der Waals surface area contributed by atoms with Crippen molar-refractivity contribution < 1.29 is 8.42 Å². The van der Waals surface area contributed by atoms with Crippen molar-refractivity contribution >= 4 is 37.2 Å². The molecule has 1 aliphatic heterocycles. The molecule has 2 unspecified atom stereocenters. The summed E-state index contributed by atoms with van der Waals surface area (Å²) in [5.41, 5.74) is 2.72. The third-order valence-corrected chi connectivity index (χ3v) is 5.54. The number of aromatic nitrogens is 3. The number of likely N-dealkylation sites (tertiary alicyclic amines) is 1. The van der Waals surface area contributed by atoms with Crippen molar-refractivity contribution in [2.75, 3.05) is 13.1 Å². The number of hydrogen-bond acceptors (Lipinski definition) is 5. The third kappa shape index (κ3) is 2.49. The monoisotopic (exact) mass is 353 g/mol. The number of aromatic amines is 1. The number of fused-ring (bicyclic) bond motifs is 3. The summed E-state index contributed by atoms with van der Waals surface area (Å²) >= 11 is 0. The molecule has 3 aromatic heterocycles. The summed E-state index contributed by atoms with van der Waals surface area (Å²) in [7, 11) is -2.52. The maximum atomic E-state index is 11.3. The van der Waals surface area contributed by atoms with Gasteiger partial charge in [-0.25, -0.2) is 4.98 Å². The molecule has 25 heavy (non-hydrogen) atoms. The van der Waals surface area contributed by atoms with E-state index in [1.807, 2.05) is 18.3 Å². The van der Waals surface area contributed by atoms with E-state index in [0.29, 0.717) is 13.1 Å². The Bertz CT molecular complexity index is 1150. The molecule has 7 nitrogen and oxygen atoms in total. The number of nitriles is 1. The van der Waals surface area contributed by atoms with Gasteiger partial charge >= 0.3 is 0 Å². The molecule has 0 amide bonds. The Morgan fingerprint density at radius 1 is 1.36 bits per heavy atom. The molecule has 0 saturated carbocycles. The summed E-state index contributed by atoms with van der Waals surface area (Å²) in [6, 6.07) is 5.77. The zero-order valence-electron chi connectivity index (χ0n) is 13.5. The van der Waals surface area contributed by atoms with Crippen LogP contribution in [0.4, 0.5) is 0 Å². The molecule has 0 bridgehead atoms. The Labute approximate surface area is 145 Å². The summed E-state index contributed by atoms with van der Waals surface area (Å²) in [5, 5.41) is 11.2. The summed E-state index contributed by atoms with van der Waals surface area (Å²) in [6.07, 6.45) is 5.35. The average Bonchev–Trinajstić information content (AvgIpc) is 3.21. The second kappa shape index (κ2) is 5.95. The molecule has 1 saturated heterocycles. The zero-order chi connectivity index (χ0) is 17.6. The van der Waals surface area contributed by atoms with E-state index < -0.39 is 10.3 Å². The molecular formula is C17H15N5O2S. The minimum absolute atomic E-state index is 0.109. The normalized spacial score (nSPS) is 20.8. The van der Waals surface area contributed by atoms with E-state index in [-0.39, 0.29) is 16.8 Å². The summed E-state index contributed by atoms with van der Waals surface area (Å²) in [5.74, 6) is 0.317. The van der Waals surface area contributed by atoms with Crippen LogP contribution in [0.1, 0.15) is 18.4 Å². The second-order valence-electron chi connectivity index (χ2n) is 6.30. The van der Waals surface area contributed by atoms with Crippen molar-refractivity contribution in [3.8, 4) is 6.07 Å². The fraction of sp³-hybridized carbons (Fsp3) is 0.294. The van der Waals surface area contributed by atoms with Crippen LogP contribution in [0.5, 0.6) is 0 Å². The van der Waals surface area contributed by atoms with Gasteiger partial charge < -0.3 is 4.98 Å². The highest BCUT2D eigenvalue weighted by Crippen LogP contribution is 2.37. The fourth-order valence-electron chi connectivity index (χ4n) is 3.74. The first kappa shape index (κ1) is 15.7. The molecule has 0 aliphatic carbocycles. The second-order valence-corrected chi connectivity index (χ2v) is 7.16. The van der Waals surface area contributed by atoms with E-state index in [1.165, 1.54) is 0 Å². The fourth-order valence-corrected chi connectivity index (χ4v) is 4.17. The molecule has 1 N–H and O–H groups in total. The Balaban J connectivity index is 1.87. The van der Waals surface area contributed by atoms with Crippen LogP contribution in [-0.4, -0.2) is 46.3 Å². The molecule has 0 aromatic carbocycles. The van der Waals surface area contributed by atoms with Gasteiger partial charge in [0.1, 0.15) is 11.7 Å². The summed E-state index contributed by atoms with van der Waals surface area (Å²) in [6.45, 7) is 3.10. The molecule has 4 heterocycles. The molecule has 8 heteroatoms. The summed E-state index contributed by atoms with van der Waals surface area (Å²) in [4.78, 5) is 13.4. The van der Waals surface area contributed by atoms with E-state index in [2.05, 4.69) is 21.9 Å². The molecular weight excluding hydrogens is 338 g/mol. The molecule has 0 spiro atoms. The van der Waals surface area contributed by atoms with E-state index >= 15 is 0 Å². The predicted octanol–water partition coefficient (Wildman–Crippen LogP) is 1.68. The van der Waals surface area contributed by atoms with Crippen molar-refractivity contribution in [2.45, 2.75) is 12.8 Å². The average molecular weight is 353 g/mol. The van der Waals surface area contributed by atoms with Crippen molar-refractivity contribution in [1.82, 2.24) is 19.9 Å². The van der Waals surface area contributed by atoms with Crippen molar-refractivity contribution in [3.63, 3.8) is 0 Å². The number of H-pyrrole nitrogens is 1. The Hall–Kier alpha value is -2.76. The van der Waals surface area contributed by atoms with Crippen LogP contribution in [0.3, 0.4) is 0 Å². The molecule has 3 aromatic rings. The third-order valence-electron chi connectivity index (χ3n) is 4.88. The molecule has 0 radical (unpaired) electrons. The van der Waals surface area contributed by atoms with Gasteiger partial charge in [-0.1, -0.05) is 6.92 Å². The van der Waals surface area contributed by atoms with E-state index in [9.17, 15) is 8.42 Å². The SMILES string of the molecule is CC1CN(C(C#N)=S(=O)=O)CC1c1ccnc2cnc3[nH]ccc3c12. The van der Waals surface area contributed by atoms with Gasteiger partial charge in [-0.3, -0.25) is 9.88 Å². The van der Waals surface area contributed by atoms with Gasteiger partial charge in [0.05, 0.1) is 11.7 Å². The van der Waals surface area contributed by atoms with Crippen molar-refractivity contribution in [2.24, 2.45) is 5.92 Å². The first-order chi connectivity index (χ1) is 12.1. The van der Waals surface area contributed by atoms with Gasteiger partial charge in [0.25, 0.3) is 0 Å². The summed E-state index contributed by atoms with van der Waals surface area (Å²) < 4.78 is 22.6. The molecule has 1 aliphatic rings.